The van der Waals surface area contributed by atoms with Crippen molar-refractivity contribution in [3.63, 3.8) is 0 Å². The normalized spacial score (nSPS) is 17.4. The highest BCUT2D eigenvalue weighted by Crippen LogP contribution is 2.35. The van der Waals surface area contributed by atoms with Crippen LogP contribution in [0.15, 0.2) is 66.7 Å². The van der Waals surface area contributed by atoms with Crippen molar-refractivity contribution < 1.29 is 23.9 Å². The zero-order valence-corrected chi connectivity index (χ0v) is 31.3. The largest absolute Gasteiger partial charge is 0.388 e. The molecule has 2 heterocycles. The van der Waals surface area contributed by atoms with Gasteiger partial charge in [-0.15, -0.1) is 0 Å². The Balaban J connectivity index is 0.000000765. The number of rotatable bonds is 11. The molecule has 0 aliphatic carbocycles. The van der Waals surface area contributed by atoms with Crippen molar-refractivity contribution >= 4 is 46.3 Å². The topological polar surface area (TPSA) is 100 Å². The van der Waals surface area contributed by atoms with E-state index in [-0.39, 0.29) is 23.9 Å². The molecule has 5 rings (SSSR count). The number of amides is 1. The monoisotopic (exact) mass is 684 g/mol. The van der Waals surface area contributed by atoms with E-state index in [0.29, 0.717) is 47.3 Å². The third kappa shape index (κ3) is 10.8. The molecule has 0 spiro atoms. The number of anilines is 3. The van der Waals surface area contributed by atoms with E-state index < -0.39 is 0 Å². The number of ether oxygens (including phenoxy) is 2. The third-order valence-corrected chi connectivity index (χ3v) is 8.33. The summed E-state index contributed by atoms with van der Waals surface area (Å²) in [6, 6.07) is 21.0. The lowest BCUT2D eigenvalue weighted by molar-refractivity contribution is -0.123. The van der Waals surface area contributed by atoms with Crippen LogP contribution in [0.5, 0.6) is 0 Å². The third-order valence-electron chi connectivity index (χ3n) is 8.33. The van der Waals surface area contributed by atoms with Crippen LogP contribution < -0.4 is 15.5 Å². The summed E-state index contributed by atoms with van der Waals surface area (Å²) in [5, 5.41) is 6.65. The minimum absolute atomic E-state index is 0.0455. The van der Waals surface area contributed by atoms with Gasteiger partial charge < -0.3 is 25.0 Å². The molecule has 2 aliphatic rings. The molecule has 0 aromatic heterocycles. The Hall–Kier alpha value is -4.31. The summed E-state index contributed by atoms with van der Waals surface area (Å²) in [7, 11) is 1.77. The zero-order valence-electron chi connectivity index (χ0n) is 31.3. The summed E-state index contributed by atoms with van der Waals surface area (Å²) in [5.74, 6) is 0.0493. The number of benzene rings is 3. The van der Waals surface area contributed by atoms with Crippen LogP contribution in [0.1, 0.15) is 82.4 Å². The van der Waals surface area contributed by atoms with E-state index in [1.165, 1.54) is 6.92 Å². The predicted octanol–water partition coefficient (Wildman–Crippen LogP) is 7.57. The van der Waals surface area contributed by atoms with Crippen LogP contribution in [0.25, 0.3) is 11.3 Å². The molecule has 1 fully saturated rings. The Morgan fingerprint density at radius 1 is 0.980 bits per heavy atom. The lowest BCUT2D eigenvalue weighted by atomic mass is 9.96. The summed E-state index contributed by atoms with van der Waals surface area (Å²) in [4.78, 5) is 42.0. The molecular weight excluding hydrogens is 628 g/mol. The Kier molecular flexibility index (Phi) is 15.9. The first-order valence-electron chi connectivity index (χ1n) is 17.8. The van der Waals surface area contributed by atoms with Crippen LogP contribution >= 0.6 is 0 Å². The molecule has 0 radical (unpaired) electrons. The van der Waals surface area contributed by atoms with Crippen molar-refractivity contribution in [1.29, 1.82) is 0 Å². The van der Waals surface area contributed by atoms with Crippen molar-refractivity contribution in [3.8, 4) is 0 Å². The Morgan fingerprint density at radius 3 is 2.22 bits per heavy atom. The molecule has 1 saturated heterocycles. The van der Waals surface area contributed by atoms with Crippen LogP contribution in [0.3, 0.4) is 0 Å². The number of nitrogens with zero attached hydrogens (tertiary/aromatic N) is 2. The van der Waals surface area contributed by atoms with E-state index in [2.05, 4.69) is 21.6 Å². The number of ketones is 1. The van der Waals surface area contributed by atoms with Crippen molar-refractivity contribution in [2.75, 3.05) is 55.4 Å². The van der Waals surface area contributed by atoms with Gasteiger partial charge in [0.1, 0.15) is 0 Å². The number of Topliss-reactive ketones (excluding diaryl/α,β-unsaturated/α-hetero) is 1. The molecular formula is C41H56N4O5. The quantitative estimate of drug-likeness (QED) is 0.0924. The summed E-state index contributed by atoms with van der Waals surface area (Å²) < 4.78 is 10.9. The Morgan fingerprint density at radius 2 is 1.66 bits per heavy atom. The molecule has 2 aliphatic heterocycles. The average Bonchev–Trinajstić information content (AvgIpc) is 3.53. The van der Waals surface area contributed by atoms with Crippen LogP contribution in [-0.2, 0) is 25.5 Å². The number of hydrogen-bond acceptors (Lipinski definition) is 8. The summed E-state index contributed by atoms with van der Waals surface area (Å²) in [5.41, 5.74) is 6.74. The zero-order chi connectivity index (χ0) is 36.8. The average molecular weight is 685 g/mol. The van der Waals surface area contributed by atoms with Crippen LogP contribution in [0.4, 0.5) is 17.1 Å². The molecule has 3 aromatic rings. The minimum atomic E-state index is -0.0455. The molecule has 9 heteroatoms. The van der Waals surface area contributed by atoms with Crippen LogP contribution in [0, 0.1) is 0 Å². The van der Waals surface area contributed by atoms with Crippen molar-refractivity contribution in [1.82, 2.24) is 4.90 Å². The fraction of sp³-hybridized carbons (Fsp3) is 0.439. The number of carbonyl (C=O) groups is 3. The number of morpholine rings is 1. The molecule has 3 aromatic carbocycles. The standard InChI is InChI=1S/C34H38N4O4.C5H12O.C2H6/c1-22-18-37(19-23(2)42-22)20-33(41)38-15-14-27-16-28(11-13-32(27)38)36-34(25-8-6-5-7-9-25)30(21-39)29-12-10-26(24(3)40)17-31(29)35-4;1-4-6-5(2)3;1-2/h5-13,16-17,21-23,35-36H,14-15,18-20H2,1-4H3;5H,4H2,1-3H3;1-2H3/b34-30+;;. The van der Waals surface area contributed by atoms with Crippen molar-refractivity contribution in [2.24, 2.45) is 0 Å². The van der Waals surface area contributed by atoms with E-state index in [1.54, 1.807) is 25.2 Å². The SMILES string of the molecule is CC.CCOC(C)C.CNc1cc(C(C)=O)ccc1/C(C=O)=C(/Nc1ccc2c(c1)CCN2C(=O)CN1CC(C)OC(C)C1)c1ccccc1. The second-order valence-electron chi connectivity index (χ2n) is 12.6. The molecule has 0 saturated carbocycles. The second kappa shape index (κ2) is 19.8. The van der Waals surface area contributed by atoms with Gasteiger partial charge in [0.15, 0.2) is 12.1 Å². The molecule has 2 atom stereocenters. The molecule has 0 bridgehead atoms. The number of fused-ring (bicyclic) bond motifs is 1. The molecule has 9 nitrogen and oxygen atoms in total. The minimum Gasteiger partial charge on any atom is -0.388 e. The first-order chi connectivity index (χ1) is 24.0. The summed E-state index contributed by atoms with van der Waals surface area (Å²) in [6.45, 7) is 19.0. The van der Waals surface area contributed by atoms with Gasteiger partial charge in [-0.3, -0.25) is 19.3 Å². The van der Waals surface area contributed by atoms with Gasteiger partial charge in [0.2, 0.25) is 5.91 Å². The van der Waals surface area contributed by atoms with Crippen LogP contribution in [-0.4, -0.2) is 81.0 Å². The lowest BCUT2D eigenvalue weighted by Gasteiger charge is -2.35. The summed E-state index contributed by atoms with van der Waals surface area (Å²) in [6.07, 6.45) is 2.23. The fourth-order valence-electron chi connectivity index (χ4n) is 6.27. The second-order valence-corrected chi connectivity index (χ2v) is 12.6. The van der Waals surface area contributed by atoms with Gasteiger partial charge in [0.05, 0.1) is 30.6 Å². The first kappa shape index (κ1) is 40.1. The van der Waals surface area contributed by atoms with E-state index in [4.69, 9.17) is 9.47 Å². The highest BCUT2D eigenvalue weighted by Gasteiger charge is 2.29. The van der Waals surface area contributed by atoms with E-state index >= 15 is 0 Å². The maximum atomic E-state index is 13.3. The number of allylic oxidation sites excluding steroid dienone is 1. The number of nitrogens with one attached hydrogen (secondary N) is 2. The first-order valence-corrected chi connectivity index (χ1v) is 17.8. The smallest absolute Gasteiger partial charge is 0.241 e. The van der Waals surface area contributed by atoms with Gasteiger partial charge in [-0.25, -0.2) is 0 Å². The number of aldehydes is 1. The van der Waals surface area contributed by atoms with Crippen molar-refractivity contribution in [3.05, 3.63) is 89.0 Å². The molecule has 2 N–H and O–H groups in total. The number of hydrogen-bond donors (Lipinski definition) is 2. The highest BCUT2D eigenvalue weighted by molar-refractivity contribution is 6.20. The molecule has 2 unspecified atom stereocenters. The molecule has 50 heavy (non-hydrogen) atoms. The van der Waals surface area contributed by atoms with Gasteiger partial charge in [-0.2, -0.15) is 0 Å². The fourth-order valence-corrected chi connectivity index (χ4v) is 6.27. The van der Waals surface area contributed by atoms with E-state index in [1.807, 2.05) is 95.8 Å². The predicted molar refractivity (Wildman–Crippen MR) is 206 cm³/mol. The lowest BCUT2D eigenvalue weighted by Crippen LogP contribution is -2.49. The Bertz CT molecular complexity index is 1590. The van der Waals surface area contributed by atoms with E-state index in [0.717, 1.165) is 54.9 Å². The molecule has 270 valence electrons. The van der Waals surface area contributed by atoms with Gasteiger partial charge in [0.25, 0.3) is 0 Å². The maximum Gasteiger partial charge on any atom is 0.241 e. The van der Waals surface area contributed by atoms with Gasteiger partial charge in [0, 0.05) is 67.1 Å². The molecule has 1 amide bonds. The maximum absolute atomic E-state index is 13.3. The van der Waals surface area contributed by atoms with Crippen molar-refractivity contribution in [2.45, 2.75) is 80.1 Å². The highest BCUT2D eigenvalue weighted by atomic mass is 16.5. The van der Waals surface area contributed by atoms with E-state index in [9.17, 15) is 14.4 Å². The van der Waals surface area contributed by atoms with Gasteiger partial charge in [-0.05, 0) is 83.4 Å². The van der Waals surface area contributed by atoms with Gasteiger partial charge >= 0.3 is 0 Å². The van der Waals surface area contributed by atoms with Crippen LogP contribution in [0.2, 0.25) is 0 Å². The Labute approximate surface area is 299 Å². The van der Waals surface area contributed by atoms with Gasteiger partial charge in [-0.1, -0.05) is 56.3 Å². The summed E-state index contributed by atoms with van der Waals surface area (Å²) >= 11 is 0. The number of carbonyl (C=O) groups excluding carboxylic acids is 3.